The molecule has 2 aliphatic rings. The van der Waals surface area contributed by atoms with E-state index in [9.17, 15) is 19.5 Å². The molecule has 0 radical (unpaired) electrons. The van der Waals surface area contributed by atoms with Crippen molar-refractivity contribution in [1.29, 1.82) is 0 Å². The van der Waals surface area contributed by atoms with Crippen molar-refractivity contribution in [2.75, 3.05) is 33.8 Å². The van der Waals surface area contributed by atoms with Gasteiger partial charge in [-0.25, -0.2) is 4.68 Å². The summed E-state index contributed by atoms with van der Waals surface area (Å²) in [6.07, 6.45) is 2.73. The minimum atomic E-state index is -0.740. The van der Waals surface area contributed by atoms with E-state index in [1.54, 1.807) is 10.9 Å². The average molecular weight is 465 g/mol. The molecule has 3 heterocycles. The number of esters is 1. The number of piperidine rings is 1. The van der Waals surface area contributed by atoms with Crippen LogP contribution in [0.25, 0.3) is 0 Å². The van der Waals surface area contributed by atoms with Crippen LogP contribution in [0.15, 0.2) is 6.20 Å². The zero-order valence-corrected chi connectivity index (χ0v) is 20.2. The number of nitrogens with one attached hydrogen (secondary N) is 1. The molecule has 3 rings (SSSR count). The van der Waals surface area contributed by atoms with Crippen molar-refractivity contribution in [2.45, 2.75) is 64.8 Å². The van der Waals surface area contributed by atoms with Crippen LogP contribution in [-0.2, 0) is 25.7 Å². The molecule has 3 atom stereocenters. The monoisotopic (exact) mass is 464 g/mol. The van der Waals surface area contributed by atoms with Crippen LogP contribution in [0.3, 0.4) is 0 Å². The summed E-state index contributed by atoms with van der Waals surface area (Å²) in [4.78, 5) is 41.3. The molecule has 0 aliphatic carbocycles. The standard InChI is InChI=1S/C22H36N6O5/c1-22(2,3)18(20(31)27-13-16(29)10-17(27)19(30)23-4)28-12-15(24-25-28)11-26-8-6-14(7-9-26)21(32)33-5/h12,14,16-18,29H,6-11,13H2,1-5H3,(H,23,30)/t16-,17+,18?/m1/s1. The number of carbonyl (C=O) groups excluding carboxylic acids is 3. The van der Waals surface area contributed by atoms with Gasteiger partial charge in [-0.1, -0.05) is 26.0 Å². The van der Waals surface area contributed by atoms with Gasteiger partial charge in [0.15, 0.2) is 0 Å². The maximum Gasteiger partial charge on any atom is 0.308 e. The molecule has 1 unspecified atom stereocenters. The van der Waals surface area contributed by atoms with Gasteiger partial charge in [0.2, 0.25) is 11.8 Å². The second-order valence-electron chi connectivity index (χ2n) is 10.0. The SMILES string of the molecule is CNC(=O)[C@@H]1C[C@@H](O)CN1C(=O)C(n1cc(CN2CCC(C(=O)OC)CC2)nn1)C(C)(C)C. The van der Waals surface area contributed by atoms with Crippen molar-refractivity contribution in [1.82, 2.24) is 30.1 Å². The number of methoxy groups -OCH3 is 1. The number of likely N-dealkylation sites (tertiary alicyclic amines) is 2. The topological polar surface area (TPSA) is 130 Å². The number of hydrogen-bond donors (Lipinski definition) is 2. The quantitative estimate of drug-likeness (QED) is 0.561. The largest absolute Gasteiger partial charge is 0.469 e. The number of likely N-dealkylation sites (N-methyl/N-ethyl adjacent to an activating group) is 1. The first-order valence-electron chi connectivity index (χ1n) is 11.5. The molecule has 2 N–H and O–H groups in total. The summed E-state index contributed by atoms with van der Waals surface area (Å²) in [6, 6.07) is -1.39. The van der Waals surface area contributed by atoms with Gasteiger partial charge < -0.3 is 20.1 Å². The van der Waals surface area contributed by atoms with Crippen molar-refractivity contribution in [2.24, 2.45) is 11.3 Å². The molecule has 0 bridgehead atoms. The van der Waals surface area contributed by atoms with Gasteiger partial charge in [0.25, 0.3) is 0 Å². The van der Waals surface area contributed by atoms with Crippen molar-refractivity contribution >= 4 is 17.8 Å². The van der Waals surface area contributed by atoms with Crippen LogP contribution in [0, 0.1) is 11.3 Å². The number of hydrogen-bond acceptors (Lipinski definition) is 8. The Hall–Kier alpha value is -2.53. The summed E-state index contributed by atoms with van der Waals surface area (Å²) in [5.41, 5.74) is 0.236. The van der Waals surface area contributed by atoms with Gasteiger partial charge in [0.05, 0.1) is 31.0 Å². The highest BCUT2D eigenvalue weighted by molar-refractivity contribution is 5.90. The molecule has 1 aromatic heterocycles. The Morgan fingerprint density at radius 3 is 2.52 bits per heavy atom. The summed E-state index contributed by atoms with van der Waals surface area (Å²) >= 11 is 0. The van der Waals surface area contributed by atoms with Crippen LogP contribution >= 0.6 is 0 Å². The maximum absolute atomic E-state index is 13.6. The Kier molecular flexibility index (Phi) is 7.73. The molecular weight excluding hydrogens is 428 g/mol. The van der Waals surface area contributed by atoms with E-state index < -0.39 is 23.6 Å². The molecule has 0 aromatic carbocycles. The third kappa shape index (κ3) is 5.70. The smallest absolute Gasteiger partial charge is 0.308 e. The fourth-order valence-electron chi connectivity index (χ4n) is 4.74. The summed E-state index contributed by atoms with van der Waals surface area (Å²) in [5.74, 6) is -0.770. The Labute approximate surface area is 194 Å². The predicted molar refractivity (Wildman–Crippen MR) is 119 cm³/mol. The van der Waals surface area contributed by atoms with E-state index in [-0.39, 0.29) is 36.7 Å². The van der Waals surface area contributed by atoms with Gasteiger partial charge in [-0.2, -0.15) is 0 Å². The third-order valence-corrected chi connectivity index (χ3v) is 6.50. The molecule has 0 spiro atoms. The fourth-order valence-corrected chi connectivity index (χ4v) is 4.74. The Morgan fingerprint density at radius 1 is 1.27 bits per heavy atom. The van der Waals surface area contributed by atoms with Crippen LogP contribution in [0.1, 0.15) is 51.8 Å². The van der Waals surface area contributed by atoms with E-state index in [0.717, 1.165) is 31.6 Å². The zero-order chi connectivity index (χ0) is 24.3. The van der Waals surface area contributed by atoms with Crippen LogP contribution in [-0.4, -0.2) is 93.6 Å². The van der Waals surface area contributed by atoms with Crippen LogP contribution in [0.2, 0.25) is 0 Å². The highest BCUT2D eigenvalue weighted by Gasteiger charge is 2.45. The van der Waals surface area contributed by atoms with Gasteiger partial charge in [-0.05, 0) is 31.3 Å². The second-order valence-corrected chi connectivity index (χ2v) is 10.0. The maximum atomic E-state index is 13.6. The van der Waals surface area contributed by atoms with Crippen molar-refractivity contribution in [3.8, 4) is 0 Å². The first kappa shape index (κ1) is 25.1. The first-order valence-corrected chi connectivity index (χ1v) is 11.5. The third-order valence-electron chi connectivity index (χ3n) is 6.50. The Bertz CT molecular complexity index is 858. The van der Waals surface area contributed by atoms with Gasteiger partial charge in [0.1, 0.15) is 12.1 Å². The van der Waals surface area contributed by atoms with Crippen LogP contribution < -0.4 is 5.32 Å². The van der Waals surface area contributed by atoms with Gasteiger partial charge in [0, 0.05) is 26.6 Å². The number of nitrogens with zero attached hydrogens (tertiary/aromatic N) is 5. The number of aromatic nitrogens is 3. The van der Waals surface area contributed by atoms with Crippen molar-refractivity contribution in [3.05, 3.63) is 11.9 Å². The lowest BCUT2D eigenvalue weighted by atomic mass is 9.85. The van der Waals surface area contributed by atoms with Crippen LogP contribution in [0.5, 0.6) is 0 Å². The molecule has 2 aliphatic heterocycles. The molecule has 0 saturated carbocycles. The molecule has 33 heavy (non-hydrogen) atoms. The zero-order valence-electron chi connectivity index (χ0n) is 20.2. The van der Waals surface area contributed by atoms with Crippen molar-refractivity contribution in [3.63, 3.8) is 0 Å². The summed E-state index contributed by atoms with van der Waals surface area (Å²) in [5, 5.41) is 21.3. The molecule has 2 saturated heterocycles. The molecule has 184 valence electrons. The highest BCUT2D eigenvalue weighted by atomic mass is 16.5. The molecular formula is C22H36N6O5. The highest BCUT2D eigenvalue weighted by Crippen LogP contribution is 2.34. The van der Waals surface area contributed by atoms with Crippen LogP contribution in [0.4, 0.5) is 0 Å². The number of amides is 2. The number of rotatable bonds is 6. The lowest BCUT2D eigenvalue weighted by Crippen LogP contribution is -2.49. The summed E-state index contributed by atoms with van der Waals surface area (Å²) in [7, 11) is 2.94. The van der Waals surface area contributed by atoms with Gasteiger partial charge >= 0.3 is 5.97 Å². The number of aliphatic hydroxyl groups excluding tert-OH is 1. The van der Waals surface area contributed by atoms with Crippen molar-refractivity contribution < 1.29 is 24.2 Å². The normalized spacial score (nSPS) is 23.4. The lowest BCUT2D eigenvalue weighted by Gasteiger charge is -2.34. The van der Waals surface area contributed by atoms with Gasteiger partial charge in [-0.3, -0.25) is 19.3 Å². The predicted octanol–water partition coefficient (Wildman–Crippen LogP) is -0.0419. The molecule has 2 amide bonds. The molecule has 2 fully saturated rings. The Morgan fingerprint density at radius 2 is 1.94 bits per heavy atom. The summed E-state index contributed by atoms with van der Waals surface area (Å²) in [6.45, 7) is 8.02. The number of β-amino-alcohol motifs (C(OH)–C–C–N with tert-alkyl or cyclic N) is 1. The molecule has 1 aromatic rings. The lowest BCUT2D eigenvalue weighted by molar-refractivity contribution is -0.147. The molecule has 11 nitrogen and oxygen atoms in total. The van der Waals surface area contributed by atoms with Gasteiger partial charge in [-0.15, -0.1) is 5.10 Å². The van der Waals surface area contributed by atoms with E-state index in [1.807, 2.05) is 20.8 Å². The minimum Gasteiger partial charge on any atom is -0.469 e. The van der Waals surface area contributed by atoms with E-state index in [1.165, 1.54) is 19.1 Å². The van der Waals surface area contributed by atoms with E-state index >= 15 is 0 Å². The minimum absolute atomic E-state index is 0.0612. The Balaban J connectivity index is 1.73. The number of ether oxygens (including phenoxy) is 1. The van der Waals surface area contributed by atoms with E-state index in [4.69, 9.17) is 4.74 Å². The molecule has 11 heteroatoms. The average Bonchev–Trinajstić information content (AvgIpc) is 3.38. The van der Waals surface area contributed by atoms with E-state index in [2.05, 4.69) is 20.5 Å². The second kappa shape index (κ2) is 10.2. The van der Waals surface area contributed by atoms with E-state index in [0.29, 0.717) is 6.54 Å². The number of carbonyl (C=O) groups is 3. The fraction of sp³-hybridized carbons (Fsp3) is 0.773. The number of aliphatic hydroxyl groups is 1. The summed E-state index contributed by atoms with van der Waals surface area (Å²) < 4.78 is 6.42. The first-order chi connectivity index (χ1) is 15.5.